The molecule has 132 valence electrons. The first kappa shape index (κ1) is 18.0. The van der Waals surface area contributed by atoms with E-state index in [-0.39, 0.29) is 18.0 Å². The number of hydrogen-bond donors (Lipinski definition) is 1. The first-order valence-electron chi connectivity index (χ1n) is 7.93. The summed E-state index contributed by atoms with van der Waals surface area (Å²) in [4.78, 5) is 34.4. The van der Waals surface area contributed by atoms with E-state index in [0.29, 0.717) is 13.1 Å². The van der Waals surface area contributed by atoms with Gasteiger partial charge in [0.05, 0.1) is 18.1 Å². The van der Waals surface area contributed by atoms with Crippen LogP contribution >= 0.6 is 0 Å². The lowest BCUT2D eigenvalue weighted by Crippen LogP contribution is -2.50. The van der Waals surface area contributed by atoms with Gasteiger partial charge in [-0.05, 0) is 33.6 Å². The second-order valence-corrected chi connectivity index (χ2v) is 6.90. The Morgan fingerprint density at radius 1 is 1.33 bits per heavy atom. The van der Waals surface area contributed by atoms with Crippen LogP contribution in [0.5, 0.6) is 0 Å². The number of aromatic nitrogens is 2. The van der Waals surface area contributed by atoms with Gasteiger partial charge >= 0.3 is 12.1 Å². The smallest absolute Gasteiger partial charge is 0.410 e. The topological polar surface area (TPSA) is 95.9 Å². The van der Waals surface area contributed by atoms with Crippen molar-refractivity contribution in [2.45, 2.75) is 45.3 Å². The van der Waals surface area contributed by atoms with Crippen LogP contribution in [-0.4, -0.2) is 63.8 Å². The molecule has 1 amide bonds. The van der Waals surface area contributed by atoms with Gasteiger partial charge in [-0.3, -0.25) is 0 Å². The highest BCUT2D eigenvalue weighted by Gasteiger charge is 2.29. The van der Waals surface area contributed by atoms with E-state index < -0.39 is 11.6 Å². The number of carboxylic acid groups (broad SMARTS) is 1. The van der Waals surface area contributed by atoms with Crippen LogP contribution in [0.1, 0.15) is 44.2 Å². The third-order valence-electron chi connectivity index (χ3n) is 3.83. The number of rotatable bonds is 3. The maximum Gasteiger partial charge on any atom is 0.410 e. The van der Waals surface area contributed by atoms with Gasteiger partial charge in [-0.2, -0.15) is 0 Å². The Labute approximate surface area is 141 Å². The number of piperidine rings is 1. The van der Waals surface area contributed by atoms with Crippen molar-refractivity contribution in [3.63, 3.8) is 0 Å². The van der Waals surface area contributed by atoms with Crippen LogP contribution < -0.4 is 4.90 Å². The Morgan fingerprint density at radius 3 is 2.50 bits per heavy atom. The number of hydrogen-bond acceptors (Lipinski definition) is 6. The van der Waals surface area contributed by atoms with E-state index >= 15 is 0 Å². The minimum atomic E-state index is -1.15. The number of carbonyl (C=O) groups excluding carboxylic acids is 1. The molecule has 1 N–H and O–H groups in total. The van der Waals surface area contributed by atoms with Crippen LogP contribution in [0.2, 0.25) is 0 Å². The summed E-state index contributed by atoms with van der Waals surface area (Å²) in [5, 5.41) is 8.85. The fraction of sp³-hybridized carbons (Fsp3) is 0.625. The molecule has 0 saturated carbocycles. The molecule has 0 bridgehead atoms. The highest BCUT2D eigenvalue weighted by atomic mass is 16.6. The van der Waals surface area contributed by atoms with Crippen LogP contribution in [-0.2, 0) is 4.74 Å². The zero-order valence-electron chi connectivity index (χ0n) is 14.5. The highest BCUT2D eigenvalue weighted by molar-refractivity contribution is 5.83. The number of carboxylic acids is 1. The maximum atomic E-state index is 12.2. The second-order valence-electron chi connectivity index (χ2n) is 6.90. The first-order valence-corrected chi connectivity index (χ1v) is 7.93. The monoisotopic (exact) mass is 336 g/mol. The molecule has 1 aliphatic rings. The van der Waals surface area contributed by atoms with Gasteiger partial charge in [0, 0.05) is 26.2 Å². The third-order valence-corrected chi connectivity index (χ3v) is 3.83. The van der Waals surface area contributed by atoms with E-state index in [4.69, 9.17) is 9.84 Å². The van der Waals surface area contributed by atoms with Gasteiger partial charge in [0.1, 0.15) is 5.60 Å². The number of likely N-dealkylation sites (N-methyl/N-ethyl adjacent to an activating group) is 1. The zero-order valence-corrected chi connectivity index (χ0v) is 14.5. The lowest BCUT2D eigenvalue weighted by Gasteiger charge is -2.38. The Hall–Kier alpha value is -2.38. The Balaban J connectivity index is 2.03. The van der Waals surface area contributed by atoms with Crippen molar-refractivity contribution in [1.29, 1.82) is 0 Å². The van der Waals surface area contributed by atoms with Gasteiger partial charge in [-0.15, -0.1) is 0 Å². The molecule has 0 aliphatic carbocycles. The van der Waals surface area contributed by atoms with E-state index in [1.807, 2.05) is 32.7 Å². The van der Waals surface area contributed by atoms with Crippen molar-refractivity contribution in [2.75, 3.05) is 25.0 Å². The fourth-order valence-corrected chi connectivity index (χ4v) is 2.59. The molecule has 8 nitrogen and oxygen atoms in total. The summed E-state index contributed by atoms with van der Waals surface area (Å²) in [7, 11) is 1.89. The number of anilines is 1. The van der Waals surface area contributed by atoms with Crippen molar-refractivity contribution in [3.8, 4) is 0 Å². The predicted molar refractivity (Wildman–Crippen MR) is 88.2 cm³/mol. The Kier molecular flexibility index (Phi) is 5.26. The maximum absolute atomic E-state index is 12.2. The number of amides is 1. The number of aromatic carboxylic acids is 1. The van der Waals surface area contributed by atoms with Gasteiger partial charge in [0.2, 0.25) is 5.82 Å². The Bertz CT molecular complexity index is 597. The lowest BCUT2D eigenvalue weighted by molar-refractivity contribution is 0.0199. The molecular weight excluding hydrogens is 312 g/mol. The molecule has 2 rings (SSSR count). The molecule has 0 aromatic carbocycles. The molecule has 1 aromatic heterocycles. The van der Waals surface area contributed by atoms with Crippen molar-refractivity contribution in [1.82, 2.24) is 14.9 Å². The summed E-state index contributed by atoms with van der Waals surface area (Å²) in [6, 6.07) is 0.102. The molecular formula is C16H24N4O4. The first-order chi connectivity index (χ1) is 11.2. The summed E-state index contributed by atoms with van der Waals surface area (Å²) >= 11 is 0. The van der Waals surface area contributed by atoms with Gasteiger partial charge in [0.25, 0.3) is 0 Å². The summed E-state index contributed by atoms with van der Waals surface area (Å²) in [5.41, 5.74) is 0.201. The normalized spacial score (nSPS) is 18.2. The molecule has 8 heteroatoms. The van der Waals surface area contributed by atoms with Crippen molar-refractivity contribution < 1.29 is 19.4 Å². The average Bonchev–Trinajstić information content (AvgIpc) is 2.53. The molecule has 0 spiro atoms. The largest absolute Gasteiger partial charge is 0.475 e. The average molecular weight is 336 g/mol. The molecule has 2 heterocycles. The number of carbonyl (C=O) groups is 2. The van der Waals surface area contributed by atoms with Gasteiger partial charge in [-0.1, -0.05) is 0 Å². The minimum absolute atomic E-state index is 0.102. The minimum Gasteiger partial charge on any atom is -0.475 e. The summed E-state index contributed by atoms with van der Waals surface area (Å²) < 4.78 is 5.43. The van der Waals surface area contributed by atoms with Crippen molar-refractivity contribution >= 4 is 17.7 Å². The molecule has 1 aromatic rings. The van der Waals surface area contributed by atoms with Crippen molar-refractivity contribution in [3.05, 3.63) is 18.2 Å². The van der Waals surface area contributed by atoms with Crippen LogP contribution in [0.15, 0.2) is 12.4 Å². The van der Waals surface area contributed by atoms with Crippen LogP contribution in [0, 0.1) is 0 Å². The number of likely N-dealkylation sites (tertiary alicyclic amines) is 1. The molecule has 1 unspecified atom stereocenters. The van der Waals surface area contributed by atoms with Gasteiger partial charge in [0.15, 0.2) is 0 Å². The predicted octanol–water partition coefficient (Wildman–Crippen LogP) is 2.01. The lowest BCUT2D eigenvalue weighted by atomic mass is 10.0. The second kappa shape index (κ2) is 7.02. The summed E-state index contributed by atoms with van der Waals surface area (Å²) in [6.07, 6.45) is 4.47. The molecule has 1 saturated heterocycles. The van der Waals surface area contributed by atoms with E-state index in [0.717, 1.165) is 18.5 Å². The molecule has 24 heavy (non-hydrogen) atoms. The molecule has 1 atom stereocenters. The van der Waals surface area contributed by atoms with Gasteiger partial charge < -0.3 is 19.6 Å². The van der Waals surface area contributed by atoms with E-state index in [9.17, 15) is 9.59 Å². The quantitative estimate of drug-likeness (QED) is 0.902. The Morgan fingerprint density at radius 2 is 1.96 bits per heavy atom. The van der Waals surface area contributed by atoms with E-state index in [2.05, 4.69) is 9.97 Å². The van der Waals surface area contributed by atoms with Gasteiger partial charge in [-0.25, -0.2) is 19.6 Å². The number of nitrogens with zero attached hydrogens (tertiary/aromatic N) is 4. The number of ether oxygens (including phenoxy) is 1. The van der Waals surface area contributed by atoms with E-state index in [1.165, 1.54) is 12.4 Å². The molecule has 1 aliphatic heterocycles. The standard InChI is InChI=1S/C16H24N4O4/c1-16(2,3)24-15(23)20-7-5-6-11(10-20)19(4)12-8-17-13(14(21)22)18-9-12/h8-9,11H,5-7,10H2,1-4H3,(H,21,22). The highest BCUT2D eigenvalue weighted by Crippen LogP contribution is 2.22. The summed E-state index contributed by atoms with van der Waals surface area (Å²) in [6.45, 7) is 6.76. The van der Waals surface area contributed by atoms with Crippen LogP contribution in [0.3, 0.4) is 0 Å². The van der Waals surface area contributed by atoms with Crippen LogP contribution in [0.4, 0.5) is 10.5 Å². The molecule has 0 radical (unpaired) electrons. The summed E-state index contributed by atoms with van der Waals surface area (Å²) in [5.74, 6) is -1.39. The molecule has 1 fully saturated rings. The van der Waals surface area contributed by atoms with E-state index in [1.54, 1.807) is 4.90 Å². The fourth-order valence-electron chi connectivity index (χ4n) is 2.59. The SMILES string of the molecule is CN(c1cnc(C(=O)O)nc1)C1CCCN(C(=O)OC(C)(C)C)C1. The zero-order chi connectivity index (χ0) is 17.9. The van der Waals surface area contributed by atoms with Crippen molar-refractivity contribution in [2.24, 2.45) is 0 Å². The third kappa shape index (κ3) is 4.56. The van der Waals surface area contributed by atoms with Crippen LogP contribution in [0.25, 0.3) is 0 Å².